The number of carbonyl (C=O) groups excluding carboxylic acids is 4. The number of carbonyl (C=O) groups is 8. The molecule has 0 atom stereocenters. The fraction of sp³-hybridized carbons (Fsp3) is 0.500. The Kier molecular flexibility index (Phi) is 107. The van der Waals surface area contributed by atoms with Gasteiger partial charge in [-0.3, -0.25) is 19.2 Å². The number of carboxylic acids is 8. The molecule has 0 amide bonds. The van der Waals surface area contributed by atoms with Crippen LogP contribution in [0.1, 0.15) is 55.4 Å². The molecule has 0 bridgehead atoms. The first-order valence-electron chi connectivity index (χ1n) is 7.34. The van der Waals surface area contributed by atoms with Crippen LogP contribution in [-0.2, 0) is 38.4 Å². The van der Waals surface area contributed by atoms with Crippen LogP contribution in [0, 0.1) is 0 Å². The summed E-state index contributed by atoms with van der Waals surface area (Å²) < 4.78 is 0. The molecule has 0 aromatic rings. The second-order valence-corrected chi connectivity index (χ2v) is 4.04. The zero-order valence-electron chi connectivity index (χ0n) is 19.7. The summed E-state index contributed by atoms with van der Waals surface area (Å²) in [6, 6.07) is 0. The van der Waals surface area contributed by atoms with Crippen molar-refractivity contribution >= 4 is 102 Å². The van der Waals surface area contributed by atoms with Crippen molar-refractivity contribution in [1.82, 2.24) is 0 Å². The smallest absolute Gasteiger partial charge is 0.550 e. The first-order valence-corrected chi connectivity index (χ1v) is 7.34. The summed E-state index contributed by atoms with van der Waals surface area (Å²) in [4.78, 5) is 71.6. The molecule has 4 radical (unpaired) electrons. The molecule has 0 rings (SSSR count). The number of aliphatic carboxylic acids is 8. The third-order valence-electron chi connectivity index (χ3n) is 0. The van der Waals surface area contributed by atoms with Gasteiger partial charge in [0.2, 0.25) is 0 Å². The number of hydrogen-bond donors (Lipinski definition) is 4. The Bertz CT molecular complexity index is 371. The average molecular weight is 891 g/mol. The maximum absolute atomic E-state index is 9.00. The molecule has 196 valence electrons. The molecule has 0 aliphatic carbocycles. The first kappa shape index (κ1) is 63.4. The predicted molar refractivity (Wildman–Crippen MR) is 107 cm³/mol. The van der Waals surface area contributed by atoms with E-state index < -0.39 is 47.8 Å². The van der Waals surface area contributed by atoms with Crippen molar-refractivity contribution in [2.75, 3.05) is 0 Å². The molecule has 0 fully saturated rings. The standard InChI is InChI=1S/8C2H4O2.2Pb/c8*1-2(3)4;;/h8*1H3,(H,3,4);;/q;;;;;;;;2*+2/p-4. The fourth-order valence-electron chi connectivity index (χ4n) is 0. The summed E-state index contributed by atoms with van der Waals surface area (Å²) in [5.74, 6) is -7.67. The fourth-order valence-corrected chi connectivity index (χ4v) is 0. The number of hydrogen-bond acceptors (Lipinski definition) is 12. The molecular formula is C16H28O16Pb2. The van der Waals surface area contributed by atoms with Gasteiger partial charge in [-0.1, -0.05) is 0 Å². The summed E-state index contributed by atoms with van der Waals surface area (Å²) in [7, 11) is 0. The van der Waals surface area contributed by atoms with Crippen molar-refractivity contribution in [3.8, 4) is 0 Å². The van der Waals surface area contributed by atoms with Crippen LogP contribution in [0.3, 0.4) is 0 Å². The van der Waals surface area contributed by atoms with Crippen LogP contribution in [0.5, 0.6) is 0 Å². The van der Waals surface area contributed by atoms with E-state index in [1.165, 1.54) is 0 Å². The van der Waals surface area contributed by atoms with Gasteiger partial charge < -0.3 is 60.0 Å². The molecule has 18 heteroatoms. The van der Waals surface area contributed by atoms with Crippen molar-refractivity contribution in [3.05, 3.63) is 0 Å². The average Bonchev–Trinajstić information content (AvgIpc) is 2.30. The van der Waals surface area contributed by atoms with Gasteiger partial charge in [0, 0.05) is 51.6 Å². The SMILES string of the molecule is CC(=O)O.CC(=O)O.CC(=O)O.CC(=O)O.CC(=O)[O-].CC(=O)[O-].CC(=O)[O-].CC(=O)[O-].[Pb+2].[Pb+2]. The summed E-state index contributed by atoms with van der Waals surface area (Å²) >= 11 is 0. The van der Waals surface area contributed by atoms with E-state index >= 15 is 0 Å². The second-order valence-electron chi connectivity index (χ2n) is 4.04. The minimum Gasteiger partial charge on any atom is -0.550 e. The molecule has 0 heterocycles. The second kappa shape index (κ2) is 57.5. The Hall–Kier alpha value is -2.40. The Balaban J connectivity index is -0.0000000240. The normalized spacial score (nSPS) is 5.88. The molecule has 0 spiro atoms. The van der Waals surface area contributed by atoms with Gasteiger partial charge in [-0.15, -0.1) is 0 Å². The number of rotatable bonds is 0. The van der Waals surface area contributed by atoms with Crippen molar-refractivity contribution in [1.29, 1.82) is 0 Å². The quantitative estimate of drug-likeness (QED) is 0.165. The predicted octanol–water partition coefficient (Wildman–Crippen LogP) is -5.37. The molecular weight excluding hydrogens is 863 g/mol. The topological polar surface area (TPSA) is 310 Å². The van der Waals surface area contributed by atoms with E-state index in [0.29, 0.717) is 0 Å². The molecule has 0 aliphatic rings. The summed E-state index contributed by atoms with van der Waals surface area (Å²) in [5, 5.41) is 65.2. The van der Waals surface area contributed by atoms with E-state index in [1.54, 1.807) is 0 Å². The van der Waals surface area contributed by atoms with Crippen LogP contribution in [0.15, 0.2) is 0 Å². The molecule has 4 N–H and O–H groups in total. The van der Waals surface area contributed by atoms with Crippen LogP contribution < -0.4 is 20.4 Å². The van der Waals surface area contributed by atoms with Gasteiger partial charge in [0.05, 0.1) is 0 Å². The van der Waals surface area contributed by atoms with Gasteiger partial charge >= 0.3 is 54.6 Å². The molecule has 0 saturated heterocycles. The van der Waals surface area contributed by atoms with Crippen LogP contribution in [0.25, 0.3) is 0 Å². The van der Waals surface area contributed by atoms with Crippen LogP contribution in [0.4, 0.5) is 0 Å². The largest absolute Gasteiger partial charge is 2.00 e. The third kappa shape index (κ3) is 4220. The Morgan fingerprint density at radius 3 is 0.353 bits per heavy atom. The van der Waals surface area contributed by atoms with Gasteiger partial charge in [-0.25, -0.2) is 0 Å². The third-order valence-corrected chi connectivity index (χ3v) is 0. The van der Waals surface area contributed by atoms with Gasteiger partial charge in [0.1, 0.15) is 0 Å². The van der Waals surface area contributed by atoms with E-state index in [1.807, 2.05) is 0 Å². The summed E-state index contributed by atoms with van der Waals surface area (Å²) in [5.41, 5.74) is 0. The minimum atomic E-state index is -1.08. The van der Waals surface area contributed by atoms with Crippen molar-refractivity contribution in [2.24, 2.45) is 0 Å². The van der Waals surface area contributed by atoms with E-state index in [9.17, 15) is 0 Å². The van der Waals surface area contributed by atoms with Crippen molar-refractivity contribution in [2.45, 2.75) is 55.4 Å². The molecule has 0 aliphatic heterocycles. The Morgan fingerprint density at radius 1 is 0.353 bits per heavy atom. The molecule has 0 saturated carbocycles. The van der Waals surface area contributed by atoms with E-state index in [4.69, 9.17) is 79.2 Å². The van der Waals surface area contributed by atoms with E-state index in [0.717, 1.165) is 55.4 Å². The van der Waals surface area contributed by atoms with E-state index in [2.05, 4.69) is 0 Å². The van der Waals surface area contributed by atoms with Crippen LogP contribution >= 0.6 is 0 Å². The van der Waals surface area contributed by atoms with E-state index in [-0.39, 0.29) is 54.6 Å². The number of carboxylic acid groups (broad SMARTS) is 8. The molecule has 16 nitrogen and oxygen atoms in total. The monoisotopic (exact) mass is 892 g/mol. The Labute approximate surface area is 235 Å². The minimum absolute atomic E-state index is 0. The maximum atomic E-state index is 9.00. The first-order chi connectivity index (χ1) is 13.9. The molecule has 0 unspecified atom stereocenters. The van der Waals surface area contributed by atoms with Crippen LogP contribution in [0.2, 0.25) is 0 Å². The van der Waals surface area contributed by atoms with Gasteiger partial charge in [-0.05, 0) is 27.7 Å². The maximum Gasteiger partial charge on any atom is 2.00 e. The molecule has 34 heavy (non-hydrogen) atoms. The summed E-state index contributed by atoms with van der Waals surface area (Å²) in [6.45, 7) is 8.22. The molecule has 0 aromatic heterocycles. The van der Waals surface area contributed by atoms with Crippen LogP contribution in [-0.4, -0.2) is 123 Å². The van der Waals surface area contributed by atoms with Crippen molar-refractivity contribution in [3.63, 3.8) is 0 Å². The summed E-state index contributed by atoms with van der Waals surface area (Å²) in [6.07, 6.45) is 0. The van der Waals surface area contributed by atoms with Gasteiger partial charge in [-0.2, -0.15) is 0 Å². The van der Waals surface area contributed by atoms with Gasteiger partial charge in [0.15, 0.2) is 0 Å². The zero-order valence-corrected chi connectivity index (χ0v) is 27.5. The Morgan fingerprint density at radius 2 is 0.353 bits per heavy atom. The van der Waals surface area contributed by atoms with Gasteiger partial charge in [0.25, 0.3) is 23.9 Å². The van der Waals surface area contributed by atoms with Crippen molar-refractivity contribution < 1.29 is 79.2 Å². The zero-order chi connectivity index (χ0) is 28.6. The molecule has 0 aromatic carbocycles.